The van der Waals surface area contributed by atoms with Crippen molar-refractivity contribution in [1.82, 2.24) is 16.0 Å². The monoisotopic (exact) mass is 255 g/mol. The summed E-state index contributed by atoms with van der Waals surface area (Å²) in [7, 11) is 0. The Labute approximate surface area is 92.9 Å². The van der Waals surface area contributed by atoms with Crippen molar-refractivity contribution in [2.24, 2.45) is 0 Å². The third-order valence-electron chi connectivity index (χ3n) is 3.11. The molecule has 96 valence electrons. The summed E-state index contributed by atoms with van der Waals surface area (Å²) in [5, 5.41) is 5.67. The van der Waals surface area contributed by atoms with Crippen molar-refractivity contribution in [1.29, 1.82) is 0 Å². The molecule has 0 aliphatic carbocycles. The van der Waals surface area contributed by atoms with Crippen LogP contribution in [0.3, 0.4) is 0 Å². The molecule has 3 N–H and O–H groups in total. The number of hydrogen-bond donors (Lipinski definition) is 3. The number of hydrogen-bond acceptors (Lipinski definition) is 3. The van der Waals surface area contributed by atoms with E-state index in [0.717, 1.165) is 0 Å². The third kappa shape index (κ3) is 1.41. The van der Waals surface area contributed by atoms with Gasteiger partial charge in [0.15, 0.2) is 5.54 Å². The highest BCUT2D eigenvalue weighted by Crippen LogP contribution is 2.46. The van der Waals surface area contributed by atoms with E-state index < -0.39 is 42.3 Å². The molecule has 2 saturated heterocycles. The molecule has 0 aromatic rings. The quantitative estimate of drug-likeness (QED) is 0.415. The van der Waals surface area contributed by atoms with Crippen molar-refractivity contribution in [3.05, 3.63) is 0 Å². The zero-order valence-corrected chi connectivity index (χ0v) is 8.45. The summed E-state index contributed by atoms with van der Waals surface area (Å²) in [6, 6.07) is -1.11. The molecule has 2 atom stereocenters. The van der Waals surface area contributed by atoms with Gasteiger partial charge in [-0.15, -0.1) is 0 Å². The van der Waals surface area contributed by atoms with Gasteiger partial charge in [0.1, 0.15) is 0 Å². The highest BCUT2D eigenvalue weighted by molar-refractivity contribution is 6.08. The van der Waals surface area contributed by atoms with Crippen LogP contribution in [-0.2, 0) is 4.79 Å². The van der Waals surface area contributed by atoms with E-state index in [1.165, 1.54) is 0 Å². The molecule has 9 heteroatoms. The minimum absolute atomic E-state index is 0.00937. The van der Waals surface area contributed by atoms with E-state index in [-0.39, 0.29) is 6.54 Å². The maximum absolute atomic E-state index is 14.2. The molecule has 0 saturated carbocycles. The van der Waals surface area contributed by atoms with Crippen molar-refractivity contribution >= 4 is 11.9 Å². The molecule has 0 radical (unpaired) electrons. The summed E-state index contributed by atoms with van der Waals surface area (Å²) in [6.07, 6.45) is -5.71. The van der Waals surface area contributed by atoms with Crippen LogP contribution in [0.1, 0.15) is 6.42 Å². The number of carbonyl (C=O) groups excluding carboxylic acids is 2. The second kappa shape index (κ2) is 3.31. The van der Waals surface area contributed by atoms with Crippen LogP contribution in [0, 0.1) is 0 Å². The maximum Gasteiger partial charge on any atom is 0.426 e. The van der Waals surface area contributed by atoms with Gasteiger partial charge in [-0.2, -0.15) is 13.2 Å². The zero-order valence-electron chi connectivity index (χ0n) is 8.45. The zero-order chi connectivity index (χ0) is 12.9. The molecule has 0 bridgehead atoms. The highest BCUT2D eigenvalue weighted by Gasteiger charge is 2.74. The molecule has 0 aromatic heterocycles. The lowest BCUT2D eigenvalue weighted by Gasteiger charge is -2.44. The Morgan fingerprint density at radius 3 is 2.35 bits per heavy atom. The van der Waals surface area contributed by atoms with E-state index in [2.05, 4.69) is 5.32 Å². The van der Waals surface area contributed by atoms with Gasteiger partial charge in [0.25, 0.3) is 5.91 Å². The predicted octanol–water partition coefficient (Wildman–Crippen LogP) is -0.171. The van der Waals surface area contributed by atoms with Gasteiger partial charge in [-0.05, 0) is 13.0 Å². The van der Waals surface area contributed by atoms with Crippen LogP contribution in [-0.4, -0.2) is 42.4 Å². The fourth-order valence-electron chi connectivity index (χ4n) is 2.17. The second-order valence-electron chi connectivity index (χ2n) is 4.04. The molecule has 1 spiro atoms. The lowest BCUT2D eigenvalue weighted by molar-refractivity contribution is -0.255. The van der Waals surface area contributed by atoms with Crippen molar-refractivity contribution in [2.75, 3.05) is 13.1 Å². The van der Waals surface area contributed by atoms with E-state index in [1.807, 2.05) is 0 Å². The molecule has 2 heterocycles. The van der Waals surface area contributed by atoms with Crippen molar-refractivity contribution in [2.45, 2.75) is 23.8 Å². The standard InChI is InChI=1S/C8H9F4N3O2/c9-7(8(10,11)12)3-13-2-1-6(7)4(16)14-5(17)15-6/h13H,1-3H2,(H2,14,15,16,17). The number of rotatable bonds is 0. The number of urea groups is 1. The van der Waals surface area contributed by atoms with Gasteiger partial charge >= 0.3 is 12.2 Å². The average molecular weight is 255 g/mol. The summed E-state index contributed by atoms with van der Waals surface area (Å²) in [4.78, 5) is 22.4. The van der Waals surface area contributed by atoms with Gasteiger partial charge in [0, 0.05) is 6.54 Å². The lowest BCUT2D eigenvalue weighted by atomic mass is 9.75. The fraction of sp³-hybridized carbons (Fsp3) is 0.750. The summed E-state index contributed by atoms with van der Waals surface area (Å²) >= 11 is 0. The number of amides is 3. The molecular weight excluding hydrogens is 246 g/mol. The van der Waals surface area contributed by atoms with Crippen LogP contribution in [0.4, 0.5) is 22.4 Å². The summed E-state index contributed by atoms with van der Waals surface area (Å²) in [5.41, 5.74) is -6.37. The number of halogens is 4. The van der Waals surface area contributed by atoms with Crippen molar-refractivity contribution in [3.63, 3.8) is 0 Å². The SMILES string of the molecule is O=C1NC(=O)C2(CCNCC2(F)C(F)(F)F)N1. The Kier molecular flexibility index (Phi) is 2.35. The Bertz CT molecular complexity index is 385. The maximum atomic E-state index is 14.2. The van der Waals surface area contributed by atoms with Gasteiger partial charge in [-0.3, -0.25) is 10.1 Å². The third-order valence-corrected chi connectivity index (χ3v) is 3.11. The average Bonchev–Trinajstić information content (AvgIpc) is 2.46. The van der Waals surface area contributed by atoms with Gasteiger partial charge in [0.05, 0.1) is 0 Å². The van der Waals surface area contributed by atoms with Crippen LogP contribution in [0.2, 0.25) is 0 Å². The molecule has 0 aromatic carbocycles. The summed E-state index contributed by atoms with van der Waals surface area (Å²) in [6.45, 7) is -1.06. The van der Waals surface area contributed by atoms with Crippen molar-refractivity contribution in [3.8, 4) is 0 Å². The second-order valence-corrected chi connectivity index (χ2v) is 4.04. The Hall–Kier alpha value is -1.38. The molecule has 5 nitrogen and oxygen atoms in total. The molecular formula is C8H9F4N3O2. The van der Waals surface area contributed by atoms with Gasteiger partial charge < -0.3 is 10.6 Å². The summed E-state index contributed by atoms with van der Waals surface area (Å²) in [5.74, 6) is -1.27. The molecule has 2 aliphatic rings. The smallest absolute Gasteiger partial charge is 0.320 e. The first-order valence-corrected chi connectivity index (χ1v) is 4.83. The Morgan fingerprint density at radius 2 is 1.88 bits per heavy atom. The minimum atomic E-state index is -5.25. The molecule has 2 fully saturated rings. The van der Waals surface area contributed by atoms with Gasteiger partial charge in [0.2, 0.25) is 5.67 Å². The van der Waals surface area contributed by atoms with E-state index in [1.54, 1.807) is 10.6 Å². The van der Waals surface area contributed by atoms with E-state index in [4.69, 9.17) is 0 Å². The van der Waals surface area contributed by atoms with Crippen LogP contribution >= 0.6 is 0 Å². The van der Waals surface area contributed by atoms with E-state index in [9.17, 15) is 27.2 Å². The first-order valence-electron chi connectivity index (χ1n) is 4.83. The highest BCUT2D eigenvalue weighted by atomic mass is 19.4. The van der Waals surface area contributed by atoms with E-state index in [0.29, 0.717) is 0 Å². The lowest BCUT2D eigenvalue weighted by Crippen LogP contribution is -2.74. The number of alkyl halides is 4. The van der Waals surface area contributed by atoms with Crippen LogP contribution in [0.5, 0.6) is 0 Å². The van der Waals surface area contributed by atoms with Crippen LogP contribution < -0.4 is 16.0 Å². The normalized spacial score (nSPS) is 38.1. The van der Waals surface area contributed by atoms with Crippen LogP contribution in [0.25, 0.3) is 0 Å². The molecule has 2 rings (SSSR count). The Balaban J connectivity index is 2.49. The van der Waals surface area contributed by atoms with Gasteiger partial charge in [-0.25, -0.2) is 9.18 Å². The van der Waals surface area contributed by atoms with Gasteiger partial charge in [-0.1, -0.05) is 0 Å². The fourth-order valence-corrected chi connectivity index (χ4v) is 2.17. The number of imide groups is 1. The molecule has 3 amide bonds. The first kappa shape index (κ1) is 12.1. The number of piperidine rings is 1. The topological polar surface area (TPSA) is 70.2 Å². The van der Waals surface area contributed by atoms with Crippen molar-refractivity contribution < 1.29 is 27.2 Å². The number of carbonyl (C=O) groups is 2. The summed E-state index contributed by atoms with van der Waals surface area (Å²) < 4.78 is 52.5. The van der Waals surface area contributed by atoms with E-state index >= 15 is 0 Å². The first-order chi connectivity index (χ1) is 7.73. The largest absolute Gasteiger partial charge is 0.426 e. The number of nitrogens with one attached hydrogen (secondary N) is 3. The molecule has 2 unspecified atom stereocenters. The minimum Gasteiger partial charge on any atom is -0.320 e. The molecule has 2 aliphatic heterocycles. The molecule has 17 heavy (non-hydrogen) atoms. The predicted molar refractivity (Wildman–Crippen MR) is 46.8 cm³/mol. The Morgan fingerprint density at radius 1 is 1.24 bits per heavy atom. The van der Waals surface area contributed by atoms with Crippen LogP contribution in [0.15, 0.2) is 0 Å².